The first kappa shape index (κ1) is 12.0. The smallest absolute Gasteiger partial charge is 0.132 e. The Bertz CT molecular complexity index is 631. The van der Waals surface area contributed by atoms with Gasteiger partial charge in [-0.2, -0.15) is 5.10 Å². The maximum absolute atomic E-state index is 6.28. The Hall–Kier alpha value is -2.04. The number of nitrogens with zero attached hydrogens (tertiary/aromatic N) is 4. The maximum atomic E-state index is 6.28. The van der Waals surface area contributed by atoms with Crippen LogP contribution in [0.3, 0.4) is 0 Å². The van der Waals surface area contributed by atoms with Gasteiger partial charge in [-0.3, -0.25) is 4.68 Å². The van der Waals surface area contributed by atoms with Crippen molar-refractivity contribution in [1.29, 1.82) is 0 Å². The molecule has 5 nitrogen and oxygen atoms in total. The molecule has 2 N–H and O–H groups in total. The number of rotatable bonds is 4. The third-order valence-electron chi connectivity index (χ3n) is 3.78. The fourth-order valence-corrected chi connectivity index (χ4v) is 2.39. The second kappa shape index (κ2) is 4.26. The average molecular weight is 257 g/mol. The number of hydrogen-bond donors (Lipinski definition) is 1. The molecule has 0 bridgehead atoms. The zero-order valence-corrected chi connectivity index (χ0v) is 11.4. The van der Waals surface area contributed by atoms with Crippen molar-refractivity contribution in [2.75, 3.05) is 5.73 Å². The third kappa shape index (κ3) is 1.85. The van der Waals surface area contributed by atoms with E-state index in [0.717, 1.165) is 28.6 Å². The summed E-state index contributed by atoms with van der Waals surface area (Å²) in [6.45, 7) is 6.55. The Morgan fingerprint density at radius 3 is 2.79 bits per heavy atom. The van der Waals surface area contributed by atoms with Crippen LogP contribution < -0.4 is 5.73 Å². The van der Waals surface area contributed by atoms with Crippen LogP contribution in [0.25, 0.3) is 11.3 Å². The van der Waals surface area contributed by atoms with Gasteiger partial charge in [0.15, 0.2) is 0 Å². The van der Waals surface area contributed by atoms with E-state index in [1.54, 1.807) is 0 Å². The third-order valence-corrected chi connectivity index (χ3v) is 3.78. The number of aromatic nitrogens is 4. The van der Waals surface area contributed by atoms with E-state index in [1.807, 2.05) is 30.9 Å². The molecule has 1 fully saturated rings. The van der Waals surface area contributed by atoms with Crippen molar-refractivity contribution >= 4 is 5.82 Å². The highest BCUT2D eigenvalue weighted by Crippen LogP contribution is 2.42. The average Bonchev–Trinajstić information content (AvgIpc) is 3.12. The molecule has 0 amide bonds. The lowest BCUT2D eigenvalue weighted by atomic mass is 10.2. The highest BCUT2D eigenvalue weighted by atomic mass is 15.3. The van der Waals surface area contributed by atoms with Gasteiger partial charge >= 0.3 is 0 Å². The van der Waals surface area contributed by atoms with E-state index in [4.69, 9.17) is 10.7 Å². The predicted octanol–water partition coefficient (Wildman–Crippen LogP) is 2.24. The Kier molecular flexibility index (Phi) is 2.69. The van der Waals surface area contributed by atoms with Crippen molar-refractivity contribution in [2.24, 2.45) is 7.05 Å². The Labute approximate surface area is 112 Å². The van der Waals surface area contributed by atoms with Crippen molar-refractivity contribution < 1.29 is 0 Å². The fourth-order valence-electron chi connectivity index (χ4n) is 2.39. The van der Waals surface area contributed by atoms with E-state index < -0.39 is 0 Å². The van der Waals surface area contributed by atoms with Crippen LogP contribution in [-0.2, 0) is 13.6 Å². The molecule has 1 aliphatic carbocycles. The second-order valence-electron chi connectivity index (χ2n) is 5.14. The molecule has 0 unspecified atom stereocenters. The number of allylic oxidation sites excluding steroid dienone is 1. The van der Waals surface area contributed by atoms with Gasteiger partial charge in [0, 0.05) is 30.8 Å². The standard InChI is InChI=1S/C14H19N5/c1-4-7-19-13(15)12(17-14(19)10-5-6-10)11-8-16-18(3)9(11)2/h4,8,10H,1,5-7,15H2,2-3H3. The van der Waals surface area contributed by atoms with Crippen LogP contribution in [0.4, 0.5) is 5.82 Å². The molecule has 0 spiro atoms. The van der Waals surface area contributed by atoms with Gasteiger partial charge in [-0.25, -0.2) is 4.98 Å². The summed E-state index contributed by atoms with van der Waals surface area (Å²) in [4.78, 5) is 4.77. The largest absolute Gasteiger partial charge is 0.383 e. The number of aryl methyl sites for hydroxylation is 1. The molecule has 19 heavy (non-hydrogen) atoms. The zero-order valence-electron chi connectivity index (χ0n) is 11.4. The van der Waals surface area contributed by atoms with Gasteiger partial charge < -0.3 is 10.3 Å². The van der Waals surface area contributed by atoms with Crippen LogP contribution in [0.5, 0.6) is 0 Å². The Balaban J connectivity index is 2.14. The summed E-state index contributed by atoms with van der Waals surface area (Å²) >= 11 is 0. The first-order chi connectivity index (χ1) is 9.13. The lowest BCUT2D eigenvalue weighted by molar-refractivity contribution is 0.740. The van der Waals surface area contributed by atoms with Gasteiger partial charge in [0.05, 0.1) is 6.20 Å². The summed E-state index contributed by atoms with van der Waals surface area (Å²) in [6, 6.07) is 0. The molecule has 2 heterocycles. The van der Waals surface area contributed by atoms with E-state index in [1.165, 1.54) is 12.8 Å². The molecule has 5 heteroatoms. The van der Waals surface area contributed by atoms with E-state index >= 15 is 0 Å². The minimum Gasteiger partial charge on any atom is -0.383 e. The minimum absolute atomic E-state index is 0.563. The lowest BCUT2D eigenvalue weighted by Crippen LogP contribution is -2.05. The van der Waals surface area contributed by atoms with E-state index in [9.17, 15) is 0 Å². The van der Waals surface area contributed by atoms with Gasteiger partial charge in [0.2, 0.25) is 0 Å². The monoisotopic (exact) mass is 257 g/mol. The molecule has 2 aromatic heterocycles. The number of hydrogen-bond acceptors (Lipinski definition) is 3. The molecule has 0 atom stereocenters. The van der Waals surface area contributed by atoms with Crippen molar-refractivity contribution in [3.05, 3.63) is 30.4 Å². The van der Waals surface area contributed by atoms with E-state index in [-0.39, 0.29) is 0 Å². The first-order valence-corrected chi connectivity index (χ1v) is 6.59. The topological polar surface area (TPSA) is 61.7 Å². The molecule has 3 rings (SSSR count). The summed E-state index contributed by atoms with van der Waals surface area (Å²) in [6.07, 6.45) is 6.12. The molecular weight excluding hydrogens is 238 g/mol. The lowest BCUT2D eigenvalue weighted by Gasteiger charge is -2.05. The van der Waals surface area contributed by atoms with Gasteiger partial charge in [-0.15, -0.1) is 6.58 Å². The SMILES string of the molecule is C=CCn1c(C2CC2)nc(-c2cnn(C)c2C)c1N. The molecule has 1 aliphatic rings. The first-order valence-electron chi connectivity index (χ1n) is 6.59. The summed E-state index contributed by atoms with van der Waals surface area (Å²) in [5, 5.41) is 4.27. The Morgan fingerprint density at radius 2 is 2.26 bits per heavy atom. The van der Waals surface area contributed by atoms with Crippen LogP contribution in [0.15, 0.2) is 18.9 Å². The highest BCUT2D eigenvalue weighted by Gasteiger charge is 2.31. The maximum Gasteiger partial charge on any atom is 0.132 e. The van der Waals surface area contributed by atoms with Crippen molar-refractivity contribution in [1.82, 2.24) is 19.3 Å². The van der Waals surface area contributed by atoms with Crippen molar-refractivity contribution in [3.63, 3.8) is 0 Å². The molecule has 0 aliphatic heterocycles. The summed E-state index contributed by atoms with van der Waals surface area (Å²) in [5.74, 6) is 2.38. The van der Waals surface area contributed by atoms with Gasteiger partial charge in [-0.05, 0) is 19.8 Å². The zero-order chi connectivity index (χ0) is 13.6. The molecule has 0 saturated heterocycles. The van der Waals surface area contributed by atoms with Crippen LogP contribution in [-0.4, -0.2) is 19.3 Å². The molecule has 100 valence electrons. The van der Waals surface area contributed by atoms with Crippen LogP contribution in [0, 0.1) is 6.92 Å². The number of nitrogens with two attached hydrogens (primary N) is 1. The van der Waals surface area contributed by atoms with E-state index in [2.05, 4.69) is 16.2 Å². The number of imidazole rings is 1. The number of anilines is 1. The van der Waals surface area contributed by atoms with Gasteiger partial charge in [-0.1, -0.05) is 6.08 Å². The highest BCUT2D eigenvalue weighted by molar-refractivity contribution is 5.72. The van der Waals surface area contributed by atoms with Crippen LogP contribution >= 0.6 is 0 Å². The second-order valence-corrected chi connectivity index (χ2v) is 5.14. The summed E-state index contributed by atoms with van der Waals surface area (Å²) in [7, 11) is 1.93. The van der Waals surface area contributed by atoms with Crippen molar-refractivity contribution in [2.45, 2.75) is 32.2 Å². The summed E-state index contributed by atoms with van der Waals surface area (Å²) < 4.78 is 3.92. The molecule has 0 radical (unpaired) electrons. The normalized spacial score (nSPS) is 14.8. The van der Waals surface area contributed by atoms with Gasteiger partial charge in [0.25, 0.3) is 0 Å². The predicted molar refractivity (Wildman–Crippen MR) is 75.8 cm³/mol. The molecule has 0 aromatic carbocycles. The molecule has 1 saturated carbocycles. The minimum atomic E-state index is 0.563. The van der Waals surface area contributed by atoms with E-state index in [0.29, 0.717) is 12.5 Å². The van der Waals surface area contributed by atoms with Crippen LogP contribution in [0.1, 0.15) is 30.3 Å². The quantitative estimate of drug-likeness (QED) is 0.854. The van der Waals surface area contributed by atoms with Crippen LogP contribution in [0.2, 0.25) is 0 Å². The number of nitrogen functional groups attached to an aromatic ring is 1. The Morgan fingerprint density at radius 1 is 1.53 bits per heavy atom. The molecular formula is C14H19N5. The van der Waals surface area contributed by atoms with Gasteiger partial charge in [0.1, 0.15) is 17.3 Å². The van der Waals surface area contributed by atoms with Crippen molar-refractivity contribution in [3.8, 4) is 11.3 Å². The summed E-state index contributed by atoms with van der Waals surface area (Å²) in [5.41, 5.74) is 9.24. The molecule has 2 aromatic rings. The fraction of sp³-hybridized carbons (Fsp3) is 0.429.